The predicted octanol–water partition coefficient (Wildman–Crippen LogP) is 2.01. The summed E-state index contributed by atoms with van der Waals surface area (Å²) in [4.78, 5) is 18.8. The molecule has 2 atom stereocenters. The number of nitrogens with zero attached hydrogens (tertiary/aromatic N) is 2. The molecule has 1 saturated carbocycles. The first-order valence-corrected chi connectivity index (χ1v) is 7.55. The molecule has 5 heteroatoms. The third-order valence-corrected chi connectivity index (χ3v) is 4.36. The molecule has 0 spiro atoms. The van der Waals surface area contributed by atoms with Gasteiger partial charge in [-0.2, -0.15) is 0 Å². The second-order valence-electron chi connectivity index (χ2n) is 6.44. The van der Waals surface area contributed by atoms with Gasteiger partial charge in [0.05, 0.1) is 6.20 Å². The summed E-state index contributed by atoms with van der Waals surface area (Å²) in [6.45, 7) is 8.51. The predicted molar refractivity (Wildman–Crippen MR) is 75.6 cm³/mol. The third kappa shape index (κ3) is 2.73. The fourth-order valence-corrected chi connectivity index (χ4v) is 2.76. The molecule has 20 heavy (non-hydrogen) atoms. The van der Waals surface area contributed by atoms with E-state index in [1.54, 1.807) is 6.20 Å². The fraction of sp³-hybridized carbons (Fsp3) is 0.733. The summed E-state index contributed by atoms with van der Waals surface area (Å²) in [7, 11) is 0. The first-order valence-electron chi connectivity index (χ1n) is 7.55. The van der Waals surface area contributed by atoms with Crippen molar-refractivity contribution in [2.24, 2.45) is 5.92 Å². The standard InChI is InChI=1S/C15H23N3O2/c1-9(2)18-7-10(3)12(8-18)17-14(19)13-6-16-15(20-13)11-4-5-11/h6,9-12H,4-5,7-8H2,1-3H3,(H,17,19)/t10-,12-/m1/s1. The van der Waals surface area contributed by atoms with Crippen molar-refractivity contribution in [1.29, 1.82) is 0 Å². The van der Waals surface area contributed by atoms with Crippen molar-refractivity contribution in [3.63, 3.8) is 0 Å². The fourth-order valence-electron chi connectivity index (χ4n) is 2.76. The van der Waals surface area contributed by atoms with E-state index in [0.29, 0.717) is 23.6 Å². The van der Waals surface area contributed by atoms with Crippen molar-refractivity contribution in [2.45, 2.75) is 51.6 Å². The van der Waals surface area contributed by atoms with Gasteiger partial charge in [-0.05, 0) is 32.6 Å². The molecule has 0 unspecified atom stereocenters. The molecular formula is C15H23N3O2. The van der Waals surface area contributed by atoms with E-state index in [9.17, 15) is 4.79 Å². The largest absolute Gasteiger partial charge is 0.435 e. The number of oxazole rings is 1. The molecule has 2 fully saturated rings. The number of carbonyl (C=O) groups is 1. The highest BCUT2D eigenvalue weighted by Crippen LogP contribution is 2.39. The second kappa shape index (κ2) is 5.20. The Morgan fingerprint density at radius 2 is 2.20 bits per heavy atom. The van der Waals surface area contributed by atoms with E-state index < -0.39 is 0 Å². The van der Waals surface area contributed by atoms with Gasteiger partial charge in [0, 0.05) is 31.1 Å². The number of aromatic nitrogens is 1. The molecule has 2 heterocycles. The Balaban J connectivity index is 1.60. The zero-order chi connectivity index (χ0) is 14.3. The smallest absolute Gasteiger partial charge is 0.288 e. The summed E-state index contributed by atoms with van der Waals surface area (Å²) in [6.07, 6.45) is 3.82. The van der Waals surface area contributed by atoms with Crippen molar-refractivity contribution in [3.05, 3.63) is 17.8 Å². The van der Waals surface area contributed by atoms with Crippen molar-refractivity contribution in [3.8, 4) is 0 Å². The number of carbonyl (C=O) groups excluding carboxylic acids is 1. The third-order valence-electron chi connectivity index (χ3n) is 4.36. The Morgan fingerprint density at radius 1 is 1.45 bits per heavy atom. The topological polar surface area (TPSA) is 58.4 Å². The van der Waals surface area contributed by atoms with E-state index >= 15 is 0 Å². The highest BCUT2D eigenvalue weighted by Gasteiger charge is 2.33. The Morgan fingerprint density at radius 3 is 2.80 bits per heavy atom. The zero-order valence-corrected chi connectivity index (χ0v) is 12.4. The molecule has 1 amide bonds. The van der Waals surface area contributed by atoms with Crippen LogP contribution in [0.15, 0.2) is 10.6 Å². The molecule has 0 bridgehead atoms. The molecule has 1 aliphatic carbocycles. The summed E-state index contributed by atoms with van der Waals surface area (Å²) >= 11 is 0. The van der Waals surface area contributed by atoms with Gasteiger partial charge in [-0.3, -0.25) is 9.69 Å². The van der Waals surface area contributed by atoms with Gasteiger partial charge in [0.2, 0.25) is 5.76 Å². The number of hydrogen-bond donors (Lipinski definition) is 1. The van der Waals surface area contributed by atoms with Crippen LogP contribution in [0.5, 0.6) is 0 Å². The number of rotatable bonds is 4. The van der Waals surface area contributed by atoms with Crippen LogP contribution in [0.2, 0.25) is 0 Å². The summed E-state index contributed by atoms with van der Waals surface area (Å²) in [5.41, 5.74) is 0. The maximum Gasteiger partial charge on any atom is 0.288 e. The molecular weight excluding hydrogens is 254 g/mol. The Hall–Kier alpha value is -1.36. The van der Waals surface area contributed by atoms with Crippen LogP contribution in [0.4, 0.5) is 0 Å². The second-order valence-corrected chi connectivity index (χ2v) is 6.44. The highest BCUT2D eigenvalue weighted by molar-refractivity contribution is 5.91. The van der Waals surface area contributed by atoms with E-state index in [-0.39, 0.29) is 11.9 Å². The normalized spacial score (nSPS) is 27.2. The van der Waals surface area contributed by atoms with Gasteiger partial charge in [0.1, 0.15) is 0 Å². The van der Waals surface area contributed by atoms with Crippen molar-refractivity contribution >= 4 is 5.91 Å². The number of nitrogens with one attached hydrogen (secondary N) is 1. The van der Waals surface area contributed by atoms with Gasteiger partial charge in [0.15, 0.2) is 5.89 Å². The van der Waals surface area contributed by atoms with Gasteiger partial charge in [0.25, 0.3) is 5.91 Å². The van der Waals surface area contributed by atoms with Gasteiger partial charge >= 0.3 is 0 Å². The first kappa shape index (κ1) is 13.6. The molecule has 1 aliphatic heterocycles. The van der Waals surface area contributed by atoms with Crippen LogP contribution in [-0.4, -0.2) is 41.0 Å². The van der Waals surface area contributed by atoms with E-state index in [1.807, 2.05) is 0 Å². The van der Waals surface area contributed by atoms with Crippen LogP contribution in [0.25, 0.3) is 0 Å². The minimum atomic E-state index is -0.133. The Kier molecular flexibility index (Phi) is 3.54. The Bertz CT molecular complexity index is 493. The molecule has 1 N–H and O–H groups in total. The van der Waals surface area contributed by atoms with E-state index in [2.05, 4.69) is 36.0 Å². The first-order chi connectivity index (χ1) is 9.54. The quantitative estimate of drug-likeness (QED) is 0.914. The molecule has 5 nitrogen and oxygen atoms in total. The molecule has 1 saturated heterocycles. The lowest BCUT2D eigenvalue weighted by molar-refractivity contribution is 0.0901. The SMILES string of the molecule is CC(C)N1C[C@@H](C)[C@H](NC(=O)c2cnc(C3CC3)o2)C1. The van der Waals surface area contributed by atoms with Crippen LogP contribution in [0, 0.1) is 5.92 Å². The average molecular weight is 277 g/mol. The average Bonchev–Trinajstić information content (AvgIpc) is 3.01. The summed E-state index contributed by atoms with van der Waals surface area (Å²) in [5, 5.41) is 3.09. The van der Waals surface area contributed by atoms with Crippen molar-refractivity contribution in [2.75, 3.05) is 13.1 Å². The van der Waals surface area contributed by atoms with Gasteiger partial charge in [-0.25, -0.2) is 4.98 Å². The molecule has 2 aliphatic rings. The lowest BCUT2D eigenvalue weighted by Gasteiger charge is -2.20. The maximum absolute atomic E-state index is 12.2. The van der Waals surface area contributed by atoms with Crippen molar-refractivity contribution in [1.82, 2.24) is 15.2 Å². The highest BCUT2D eigenvalue weighted by atomic mass is 16.4. The summed E-state index contributed by atoms with van der Waals surface area (Å²) in [5.74, 6) is 1.85. The van der Waals surface area contributed by atoms with Crippen LogP contribution in [0.1, 0.15) is 56.0 Å². The molecule has 110 valence electrons. The van der Waals surface area contributed by atoms with Crippen LogP contribution in [-0.2, 0) is 0 Å². The van der Waals surface area contributed by atoms with Crippen LogP contribution in [0.3, 0.4) is 0 Å². The van der Waals surface area contributed by atoms with E-state index in [4.69, 9.17) is 4.42 Å². The van der Waals surface area contributed by atoms with E-state index in [0.717, 1.165) is 31.8 Å². The maximum atomic E-state index is 12.2. The van der Waals surface area contributed by atoms with Gasteiger partial charge in [-0.15, -0.1) is 0 Å². The lowest BCUT2D eigenvalue weighted by atomic mass is 10.1. The molecule has 3 rings (SSSR count). The van der Waals surface area contributed by atoms with Gasteiger partial charge in [-0.1, -0.05) is 6.92 Å². The van der Waals surface area contributed by atoms with Crippen molar-refractivity contribution < 1.29 is 9.21 Å². The zero-order valence-electron chi connectivity index (χ0n) is 12.4. The number of likely N-dealkylation sites (tertiary alicyclic amines) is 1. The summed E-state index contributed by atoms with van der Waals surface area (Å²) < 4.78 is 5.55. The lowest BCUT2D eigenvalue weighted by Crippen LogP contribution is -2.40. The minimum absolute atomic E-state index is 0.133. The van der Waals surface area contributed by atoms with E-state index in [1.165, 1.54) is 0 Å². The number of hydrogen-bond acceptors (Lipinski definition) is 4. The summed E-state index contributed by atoms with van der Waals surface area (Å²) in [6, 6.07) is 0.713. The van der Waals surface area contributed by atoms with Crippen LogP contribution >= 0.6 is 0 Å². The Labute approximate surface area is 119 Å². The number of amides is 1. The molecule has 0 aromatic carbocycles. The van der Waals surface area contributed by atoms with Crippen LogP contribution < -0.4 is 5.32 Å². The molecule has 0 radical (unpaired) electrons. The van der Waals surface area contributed by atoms with Gasteiger partial charge < -0.3 is 9.73 Å². The molecule has 1 aromatic heterocycles. The molecule has 1 aromatic rings. The minimum Gasteiger partial charge on any atom is -0.435 e. The monoisotopic (exact) mass is 277 g/mol.